The van der Waals surface area contributed by atoms with Crippen LogP contribution in [-0.2, 0) is 17.8 Å². The lowest BCUT2D eigenvalue weighted by Gasteiger charge is -2.43. The molecule has 33 heavy (non-hydrogen) atoms. The molecule has 3 aliphatic rings. The standard InChI is InChI=1S/C27H32FN3O2/c28-24-11-9-22(10-12-24)26(32)30-17-15-29(16-18-30)25(21-6-2-3-7-21)27(33)31-14-13-20-5-1-4-8-23(20)19-31/h1,4-5,8-12,21,25H,2-3,6-7,13-19H2. The van der Waals surface area contributed by atoms with Gasteiger partial charge >= 0.3 is 0 Å². The second-order valence-corrected chi connectivity index (χ2v) is 9.60. The molecule has 1 saturated heterocycles. The monoisotopic (exact) mass is 449 g/mol. The van der Waals surface area contributed by atoms with Crippen LogP contribution in [0, 0.1) is 11.7 Å². The Morgan fingerprint density at radius 3 is 2.18 bits per heavy atom. The molecular weight excluding hydrogens is 417 g/mol. The van der Waals surface area contributed by atoms with E-state index >= 15 is 0 Å². The first kappa shape index (κ1) is 22.1. The van der Waals surface area contributed by atoms with E-state index in [1.54, 1.807) is 12.1 Å². The normalized spacial score (nSPS) is 20.5. The molecule has 1 unspecified atom stereocenters. The molecule has 1 atom stereocenters. The zero-order valence-corrected chi connectivity index (χ0v) is 19.1. The molecule has 174 valence electrons. The SMILES string of the molecule is O=C(c1ccc(F)cc1)N1CCN(C(C(=O)N2CCc3ccccc3C2)C2CCCC2)CC1. The van der Waals surface area contributed by atoms with Crippen LogP contribution in [0.25, 0.3) is 0 Å². The van der Waals surface area contributed by atoms with Crippen molar-refractivity contribution in [3.8, 4) is 0 Å². The summed E-state index contributed by atoms with van der Waals surface area (Å²) in [5.41, 5.74) is 3.13. The van der Waals surface area contributed by atoms with Crippen LogP contribution in [0.15, 0.2) is 48.5 Å². The maximum Gasteiger partial charge on any atom is 0.253 e. The average molecular weight is 450 g/mol. The van der Waals surface area contributed by atoms with Gasteiger partial charge in [0.25, 0.3) is 5.91 Å². The van der Waals surface area contributed by atoms with Crippen LogP contribution < -0.4 is 0 Å². The zero-order valence-electron chi connectivity index (χ0n) is 19.1. The summed E-state index contributed by atoms with van der Waals surface area (Å²) in [5, 5.41) is 0. The Bertz CT molecular complexity index is 995. The van der Waals surface area contributed by atoms with Crippen LogP contribution in [0.5, 0.6) is 0 Å². The topological polar surface area (TPSA) is 43.9 Å². The van der Waals surface area contributed by atoms with Gasteiger partial charge in [-0.3, -0.25) is 14.5 Å². The fourth-order valence-electron chi connectivity index (χ4n) is 5.78. The first-order valence-electron chi connectivity index (χ1n) is 12.2. The minimum atomic E-state index is -0.338. The Morgan fingerprint density at radius 2 is 1.48 bits per heavy atom. The molecule has 0 spiro atoms. The molecule has 0 radical (unpaired) electrons. The Morgan fingerprint density at radius 1 is 0.818 bits per heavy atom. The first-order chi connectivity index (χ1) is 16.1. The number of benzene rings is 2. The molecule has 1 aliphatic carbocycles. The number of hydrogen-bond acceptors (Lipinski definition) is 3. The number of rotatable bonds is 4. The predicted octanol–water partition coefficient (Wildman–Crippen LogP) is 3.73. The Hall–Kier alpha value is -2.73. The van der Waals surface area contributed by atoms with Gasteiger partial charge in [0.15, 0.2) is 0 Å². The number of piperazine rings is 1. The van der Waals surface area contributed by atoms with Gasteiger partial charge in [-0.05, 0) is 60.6 Å². The smallest absolute Gasteiger partial charge is 0.253 e. The number of amides is 2. The minimum absolute atomic E-state index is 0.0639. The van der Waals surface area contributed by atoms with Gasteiger partial charge in [-0.2, -0.15) is 0 Å². The third kappa shape index (κ3) is 4.67. The van der Waals surface area contributed by atoms with Gasteiger partial charge in [-0.1, -0.05) is 37.1 Å². The second kappa shape index (κ2) is 9.64. The molecule has 0 aromatic heterocycles. The molecular formula is C27H32FN3O2. The molecule has 5 rings (SSSR count). The average Bonchev–Trinajstić information content (AvgIpc) is 3.39. The minimum Gasteiger partial charge on any atom is -0.337 e. The van der Waals surface area contributed by atoms with Gasteiger partial charge in [-0.15, -0.1) is 0 Å². The van der Waals surface area contributed by atoms with Gasteiger partial charge in [-0.25, -0.2) is 4.39 Å². The van der Waals surface area contributed by atoms with Crippen LogP contribution in [0.4, 0.5) is 4.39 Å². The molecule has 1 saturated carbocycles. The van der Waals surface area contributed by atoms with Gasteiger partial charge in [0.05, 0.1) is 6.04 Å². The van der Waals surface area contributed by atoms with E-state index < -0.39 is 0 Å². The van der Waals surface area contributed by atoms with Crippen molar-refractivity contribution in [3.63, 3.8) is 0 Å². The van der Waals surface area contributed by atoms with Crippen molar-refractivity contribution in [1.29, 1.82) is 0 Å². The maximum absolute atomic E-state index is 13.8. The van der Waals surface area contributed by atoms with E-state index in [-0.39, 0.29) is 23.7 Å². The number of nitrogens with zero attached hydrogens (tertiary/aromatic N) is 3. The number of fused-ring (bicyclic) bond motifs is 1. The molecule has 2 heterocycles. The molecule has 2 aliphatic heterocycles. The summed E-state index contributed by atoms with van der Waals surface area (Å²) >= 11 is 0. The van der Waals surface area contributed by atoms with E-state index in [0.29, 0.717) is 44.2 Å². The third-order valence-electron chi connectivity index (χ3n) is 7.63. The van der Waals surface area contributed by atoms with Gasteiger partial charge < -0.3 is 9.80 Å². The van der Waals surface area contributed by atoms with Crippen molar-refractivity contribution in [3.05, 3.63) is 71.0 Å². The number of carbonyl (C=O) groups excluding carboxylic acids is 2. The fourth-order valence-corrected chi connectivity index (χ4v) is 5.78. The summed E-state index contributed by atoms with van der Waals surface area (Å²) in [4.78, 5) is 32.9. The summed E-state index contributed by atoms with van der Waals surface area (Å²) < 4.78 is 13.2. The lowest BCUT2D eigenvalue weighted by Crippen LogP contribution is -2.58. The summed E-state index contributed by atoms with van der Waals surface area (Å²) in [6.07, 6.45) is 5.52. The molecule has 6 heteroatoms. The van der Waals surface area contributed by atoms with E-state index in [0.717, 1.165) is 25.8 Å². The highest BCUT2D eigenvalue weighted by molar-refractivity contribution is 5.94. The number of halogens is 1. The number of carbonyl (C=O) groups is 2. The first-order valence-corrected chi connectivity index (χ1v) is 12.2. The molecule has 2 amide bonds. The van der Waals surface area contributed by atoms with E-state index in [9.17, 15) is 14.0 Å². The van der Waals surface area contributed by atoms with Gasteiger partial charge in [0, 0.05) is 44.8 Å². The zero-order chi connectivity index (χ0) is 22.8. The summed E-state index contributed by atoms with van der Waals surface area (Å²) in [6, 6.07) is 14.1. The van der Waals surface area contributed by atoms with E-state index in [1.807, 2.05) is 4.90 Å². The number of hydrogen-bond donors (Lipinski definition) is 0. The van der Waals surface area contributed by atoms with Crippen molar-refractivity contribution < 1.29 is 14.0 Å². The van der Waals surface area contributed by atoms with E-state index in [2.05, 4.69) is 34.1 Å². The largest absolute Gasteiger partial charge is 0.337 e. The second-order valence-electron chi connectivity index (χ2n) is 9.60. The summed E-state index contributed by atoms with van der Waals surface area (Å²) in [5.74, 6) is 0.254. The lowest BCUT2D eigenvalue weighted by molar-refractivity contribution is -0.141. The molecule has 2 aromatic rings. The molecule has 5 nitrogen and oxygen atoms in total. The summed E-state index contributed by atoms with van der Waals surface area (Å²) in [7, 11) is 0. The van der Waals surface area contributed by atoms with Crippen LogP contribution in [0.1, 0.15) is 47.2 Å². The molecule has 0 N–H and O–H groups in total. The Labute approximate surface area is 195 Å². The van der Waals surface area contributed by atoms with E-state index in [1.165, 1.54) is 36.1 Å². The Balaban J connectivity index is 1.27. The van der Waals surface area contributed by atoms with E-state index in [4.69, 9.17) is 0 Å². The predicted molar refractivity (Wildman–Crippen MR) is 125 cm³/mol. The van der Waals surface area contributed by atoms with Crippen LogP contribution >= 0.6 is 0 Å². The molecule has 2 aromatic carbocycles. The Kier molecular flexibility index (Phi) is 6.45. The van der Waals surface area contributed by atoms with Crippen molar-refractivity contribution >= 4 is 11.8 Å². The van der Waals surface area contributed by atoms with Crippen LogP contribution in [0.3, 0.4) is 0 Å². The van der Waals surface area contributed by atoms with Gasteiger partial charge in [0.2, 0.25) is 5.91 Å². The third-order valence-corrected chi connectivity index (χ3v) is 7.63. The highest BCUT2D eigenvalue weighted by Crippen LogP contribution is 2.33. The summed E-state index contributed by atoms with van der Waals surface area (Å²) in [6.45, 7) is 4.06. The van der Waals surface area contributed by atoms with Crippen molar-refractivity contribution in [2.75, 3.05) is 32.7 Å². The van der Waals surface area contributed by atoms with Crippen LogP contribution in [0.2, 0.25) is 0 Å². The molecule has 2 fully saturated rings. The fraction of sp³-hybridized carbons (Fsp3) is 0.481. The van der Waals surface area contributed by atoms with Gasteiger partial charge in [0.1, 0.15) is 5.82 Å². The molecule has 0 bridgehead atoms. The van der Waals surface area contributed by atoms with Crippen molar-refractivity contribution in [2.24, 2.45) is 5.92 Å². The van der Waals surface area contributed by atoms with Crippen LogP contribution in [-0.4, -0.2) is 65.3 Å². The van der Waals surface area contributed by atoms with Crippen molar-refractivity contribution in [1.82, 2.24) is 14.7 Å². The maximum atomic E-state index is 13.8. The van der Waals surface area contributed by atoms with Crippen molar-refractivity contribution in [2.45, 2.75) is 44.7 Å². The lowest BCUT2D eigenvalue weighted by atomic mass is 9.92. The highest BCUT2D eigenvalue weighted by atomic mass is 19.1. The quantitative estimate of drug-likeness (QED) is 0.715. The highest BCUT2D eigenvalue weighted by Gasteiger charge is 2.40.